The highest BCUT2D eigenvalue weighted by molar-refractivity contribution is 7.90. The number of hydrogen-bond donors (Lipinski definition) is 2. The molecular formula is C25H33Cl2N7OS. The number of hydrogen-bond acceptors (Lipinski definition) is 7. The van der Waals surface area contributed by atoms with Gasteiger partial charge in [-0.15, -0.1) is 4.72 Å². The number of anilines is 2. The highest BCUT2D eigenvalue weighted by Crippen LogP contribution is 2.47. The molecule has 3 N–H and O–H groups in total. The van der Waals surface area contributed by atoms with Crippen molar-refractivity contribution in [3.05, 3.63) is 34.3 Å². The number of piperidine rings is 1. The van der Waals surface area contributed by atoms with Crippen molar-refractivity contribution in [2.24, 2.45) is 5.41 Å². The molecule has 194 valence electrons. The molecule has 1 unspecified atom stereocenters. The first-order valence-corrected chi connectivity index (χ1v) is 14.3. The van der Waals surface area contributed by atoms with Crippen LogP contribution >= 0.6 is 23.2 Å². The largest absolute Gasteiger partial charge is 0.598 e. The molecule has 0 amide bonds. The molecule has 1 spiro atoms. The average molecular weight is 551 g/mol. The van der Waals surface area contributed by atoms with Crippen LogP contribution in [0.1, 0.15) is 58.6 Å². The molecule has 1 saturated heterocycles. The smallest absolute Gasteiger partial charge is 0.211 e. The molecule has 11 heteroatoms. The quantitative estimate of drug-likeness (QED) is 0.431. The van der Waals surface area contributed by atoms with E-state index in [1.54, 1.807) is 12.4 Å². The summed E-state index contributed by atoms with van der Waals surface area (Å²) in [5, 5.41) is 0.558. The van der Waals surface area contributed by atoms with Crippen LogP contribution in [0.25, 0.3) is 16.8 Å². The molecule has 1 saturated carbocycles. The van der Waals surface area contributed by atoms with E-state index in [2.05, 4.69) is 19.6 Å². The van der Waals surface area contributed by atoms with Crippen LogP contribution in [0.2, 0.25) is 10.0 Å². The van der Waals surface area contributed by atoms with Gasteiger partial charge >= 0.3 is 0 Å². The van der Waals surface area contributed by atoms with Gasteiger partial charge in [0.25, 0.3) is 0 Å². The lowest BCUT2D eigenvalue weighted by Gasteiger charge is -2.47. The van der Waals surface area contributed by atoms with Gasteiger partial charge in [0.15, 0.2) is 0 Å². The van der Waals surface area contributed by atoms with Gasteiger partial charge in [0.1, 0.15) is 21.2 Å². The second kappa shape index (κ2) is 9.51. The summed E-state index contributed by atoms with van der Waals surface area (Å²) in [7, 11) is 0. The van der Waals surface area contributed by atoms with Crippen LogP contribution in [0.4, 0.5) is 11.8 Å². The van der Waals surface area contributed by atoms with E-state index in [9.17, 15) is 4.55 Å². The Bertz CT molecular complexity index is 1290. The zero-order chi connectivity index (χ0) is 25.8. The monoisotopic (exact) mass is 549 g/mol. The molecule has 1 aliphatic heterocycles. The first kappa shape index (κ1) is 25.9. The normalized spacial score (nSPS) is 21.0. The molecule has 2 atom stereocenters. The predicted octanol–water partition coefficient (Wildman–Crippen LogP) is 5.18. The van der Waals surface area contributed by atoms with Gasteiger partial charge in [0, 0.05) is 54.2 Å². The third kappa shape index (κ3) is 4.43. The van der Waals surface area contributed by atoms with Gasteiger partial charge in [-0.1, -0.05) is 36.0 Å². The van der Waals surface area contributed by atoms with Crippen LogP contribution in [0.3, 0.4) is 0 Å². The number of aryl methyl sites for hydroxylation is 1. The van der Waals surface area contributed by atoms with Crippen LogP contribution in [0.15, 0.2) is 18.6 Å². The first-order chi connectivity index (χ1) is 17.0. The molecule has 8 nitrogen and oxygen atoms in total. The molecule has 3 aromatic heterocycles. The summed E-state index contributed by atoms with van der Waals surface area (Å²) in [5.74, 6) is 1.00. The number of nitrogen functional groups attached to an aromatic ring is 1. The zero-order valence-electron chi connectivity index (χ0n) is 21.1. The van der Waals surface area contributed by atoms with Crippen molar-refractivity contribution in [1.82, 2.24) is 24.1 Å². The fraction of sp³-hybridized carbons (Fsp3) is 0.560. The van der Waals surface area contributed by atoms with Crippen LogP contribution in [0, 0.1) is 12.3 Å². The van der Waals surface area contributed by atoms with Gasteiger partial charge in [-0.25, -0.2) is 15.0 Å². The molecule has 2 aliphatic rings. The van der Waals surface area contributed by atoms with Crippen LogP contribution in [-0.2, 0) is 11.4 Å². The Balaban J connectivity index is 1.54. The van der Waals surface area contributed by atoms with Crippen molar-refractivity contribution < 1.29 is 4.55 Å². The Morgan fingerprint density at radius 3 is 2.58 bits per heavy atom. The number of fused-ring (bicyclic) bond motifs is 1. The SMILES string of the molecule is Cc1nc(N2CCC3(CCCC3)C(N[S@+]([O-])C(C)(C)C)C2)n2ccnc2c1-c1cnc(N)c(Cl)c1Cl. The van der Waals surface area contributed by atoms with Gasteiger partial charge in [-0.05, 0) is 52.4 Å². The Morgan fingerprint density at radius 1 is 1.17 bits per heavy atom. The maximum absolute atomic E-state index is 13.1. The van der Waals surface area contributed by atoms with E-state index < -0.39 is 11.4 Å². The number of imidazole rings is 1. The molecule has 3 aromatic rings. The van der Waals surface area contributed by atoms with Gasteiger partial charge in [-0.3, -0.25) is 4.40 Å². The molecule has 0 radical (unpaired) electrons. The van der Waals surface area contributed by atoms with E-state index in [-0.39, 0.29) is 27.0 Å². The third-order valence-corrected chi connectivity index (χ3v) is 10.2. The number of halogens is 2. The number of aromatic nitrogens is 4. The van der Waals surface area contributed by atoms with Gasteiger partial charge in [-0.2, -0.15) is 0 Å². The zero-order valence-corrected chi connectivity index (χ0v) is 23.5. The summed E-state index contributed by atoms with van der Waals surface area (Å²) in [6, 6.07) is 0.115. The fourth-order valence-corrected chi connectivity index (χ4v) is 6.95. The number of nitrogens with zero attached hydrogens (tertiary/aromatic N) is 5. The number of pyridine rings is 1. The maximum Gasteiger partial charge on any atom is 0.211 e. The minimum Gasteiger partial charge on any atom is -0.598 e. The van der Waals surface area contributed by atoms with E-state index in [0.29, 0.717) is 10.6 Å². The summed E-state index contributed by atoms with van der Waals surface area (Å²) >= 11 is 11.7. The first-order valence-electron chi connectivity index (χ1n) is 12.4. The van der Waals surface area contributed by atoms with Crippen molar-refractivity contribution >= 4 is 52.0 Å². The van der Waals surface area contributed by atoms with Crippen LogP contribution in [0.5, 0.6) is 0 Å². The van der Waals surface area contributed by atoms with E-state index in [1.165, 1.54) is 25.7 Å². The lowest BCUT2D eigenvalue weighted by atomic mass is 9.73. The Morgan fingerprint density at radius 2 is 1.89 bits per heavy atom. The van der Waals surface area contributed by atoms with E-state index >= 15 is 0 Å². The number of nitrogens with two attached hydrogens (primary N) is 1. The van der Waals surface area contributed by atoms with Crippen LogP contribution < -0.4 is 15.4 Å². The second-order valence-electron chi connectivity index (χ2n) is 11.0. The lowest BCUT2D eigenvalue weighted by Crippen LogP contribution is -2.60. The number of rotatable bonds is 4. The minimum atomic E-state index is -1.15. The third-order valence-electron chi connectivity index (χ3n) is 7.67. The Kier molecular flexibility index (Phi) is 6.83. The second-order valence-corrected chi connectivity index (χ2v) is 13.7. The van der Waals surface area contributed by atoms with E-state index in [1.807, 2.05) is 38.3 Å². The van der Waals surface area contributed by atoms with Crippen molar-refractivity contribution in [3.8, 4) is 11.1 Å². The molecule has 5 rings (SSSR count). The van der Waals surface area contributed by atoms with Crippen molar-refractivity contribution in [1.29, 1.82) is 0 Å². The van der Waals surface area contributed by atoms with Gasteiger partial charge < -0.3 is 15.2 Å². The molecule has 0 bridgehead atoms. The number of nitrogens with one attached hydrogen (secondary N) is 1. The van der Waals surface area contributed by atoms with Crippen molar-refractivity contribution in [3.63, 3.8) is 0 Å². The molecule has 1 aliphatic carbocycles. The summed E-state index contributed by atoms with van der Waals surface area (Å²) in [6.45, 7) is 9.60. The van der Waals surface area contributed by atoms with Crippen molar-refractivity contribution in [2.45, 2.75) is 70.6 Å². The average Bonchev–Trinajstić information content (AvgIpc) is 3.49. The molecule has 4 heterocycles. The molecule has 36 heavy (non-hydrogen) atoms. The summed E-state index contributed by atoms with van der Waals surface area (Å²) in [6.07, 6.45) is 11.1. The summed E-state index contributed by atoms with van der Waals surface area (Å²) < 4.78 is 18.3. The van der Waals surface area contributed by atoms with Gasteiger partial charge in [0.2, 0.25) is 5.95 Å². The highest BCUT2D eigenvalue weighted by atomic mass is 35.5. The van der Waals surface area contributed by atoms with E-state index in [0.717, 1.165) is 42.4 Å². The summed E-state index contributed by atoms with van der Waals surface area (Å²) in [5.41, 5.74) is 8.95. The Hall–Kier alpha value is -1.78. The topological polar surface area (TPSA) is 107 Å². The molecule has 0 aromatic carbocycles. The van der Waals surface area contributed by atoms with Crippen LogP contribution in [-0.4, -0.2) is 47.8 Å². The van der Waals surface area contributed by atoms with Crippen molar-refractivity contribution in [2.75, 3.05) is 23.7 Å². The highest BCUT2D eigenvalue weighted by Gasteiger charge is 2.48. The maximum atomic E-state index is 13.1. The van der Waals surface area contributed by atoms with E-state index in [4.69, 9.17) is 33.9 Å². The molecular weight excluding hydrogens is 517 g/mol. The van der Waals surface area contributed by atoms with Gasteiger partial charge in [0.05, 0.1) is 16.8 Å². The minimum absolute atomic E-state index is 0.115. The molecule has 2 fully saturated rings. The predicted molar refractivity (Wildman–Crippen MR) is 148 cm³/mol. The lowest BCUT2D eigenvalue weighted by molar-refractivity contribution is 0.174. The Labute approximate surface area is 225 Å². The summed E-state index contributed by atoms with van der Waals surface area (Å²) in [4.78, 5) is 16.2. The fourth-order valence-electron chi connectivity index (χ4n) is 5.63. The standard InChI is InChI=1S/C25H33Cl2N7OS/c1-15-18(16-13-30-21(28)20(27)19(16)26)22-29-10-12-34(22)23(31-15)33-11-9-25(7-5-6-8-25)17(14-33)32-36(35)24(2,3)4/h10,12-13,17,32H,5-9,11,14H2,1-4H3,(H2,28,30)/t17?,36-/m1/s1.